The first-order valence-corrected chi connectivity index (χ1v) is 6.58. The molecule has 106 valence electrons. The third kappa shape index (κ3) is 2.99. The highest BCUT2D eigenvalue weighted by molar-refractivity contribution is 6.05. The van der Waals surface area contributed by atoms with Crippen molar-refractivity contribution in [2.75, 3.05) is 0 Å². The molecule has 0 radical (unpaired) electrons. The van der Waals surface area contributed by atoms with Gasteiger partial charge in [-0.1, -0.05) is 26.0 Å². The Morgan fingerprint density at radius 3 is 2.70 bits per heavy atom. The van der Waals surface area contributed by atoms with Crippen molar-refractivity contribution in [1.82, 2.24) is 10.3 Å². The Bertz CT molecular complexity index is 631. The van der Waals surface area contributed by atoms with Gasteiger partial charge in [0.2, 0.25) is 0 Å². The molecule has 1 atom stereocenters. The van der Waals surface area contributed by atoms with Crippen LogP contribution in [0.1, 0.15) is 30.6 Å². The lowest BCUT2D eigenvalue weighted by atomic mass is 10.00. The quantitative estimate of drug-likeness (QED) is 0.783. The summed E-state index contributed by atoms with van der Waals surface area (Å²) in [5, 5.41) is 12.7. The summed E-state index contributed by atoms with van der Waals surface area (Å²) >= 11 is 0. The van der Waals surface area contributed by atoms with Gasteiger partial charge in [-0.15, -0.1) is 0 Å². The maximum Gasteiger partial charge on any atom is 0.305 e. The van der Waals surface area contributed by atoms with Gasteiger partial charge in [-0.3, -0.25) is 9.59 Å². The maximum atomic E-state index is 12.3. The van der Waals surface area contributed by atoms with Crippen molar-refractivity contribution in [3.63, 3.8) is 0 Å². The van der Waals surface area contributed by atoms with Crippen LogP contribution < -0.4 is 5.32 Å². The van der Waals surface area contributed by atoms with E-state index >= 15 is 0 Å². The van der Waals surface area contributed by atoms with E-state index in [1.165, 1.54) is 0 Å². The first-order valence-electron chi connectivity index (χ1n) is 6.58. The summed E-state index contributed by atoms with van der Waals surface area (Å²) in [6, 6.07) is 6.97. The van der Waals surface area contributed by atoms with E-state index in [2.05, 4.69) is 10.3 Å². The Morgan fingerprint density at radius 2 is 2.05 bits per heavy atom. The third-order valence-electron chi connectivity index (χ3n) is 3.35. The van der Waals surface area contributed by atoms with E-state index in [1.54, 1.807) is 12.3 Å². The van der Waals surface area contributed by atoms with Crippen LogP contribution in [0.3, 0.4) is 0 Å². The lowest BCUT2D eigenvalue weighted by Crippen LogP contribution is -2.40. The predicted molar refractivity (Wildman–Crippen MR) is 76.6 cm³/mol. The van der Waals surface area contributed by atoms with Crippen molar-refractivity contribution >= 4 is 22.8 Å². The molecule has 0 fully saturated rings. The highest BCUT2D eigenvalue weighted by atomic mass is 16.4. The van der Waals surface area contributed by atoms with Crippen LogP contribution in [0.5, 0.6) is 0 Å². The Hall–Kier alpha value is -2.30. The van der Waals surface area contributed by atoms with E-state index in [0.717, 1.165) is 10.9 Å². The van der Waals surface area contributed by atoms with Crippen molar-refractivity contribution in [2.45, 2.75) is 26.3 Å². The molecule has 1 unspecified atom stereocenters. The second-order valence-corrected chi connectivity index (χ2v) is 5.17. The molecule has 1 aromatic heterocycles. The molecule has 1 aromatic carbocycles. The molecular formula is C15H18N2O3. The molecule has 2 aromatic rings. The number of amides is 1. The standard InChI is InChI=1S/C15H18N2O3/c1-9(2)12(8-13(18)19)17-15(20)11-5-3-4-10-6-7-16-14(10)11/h3-7,9,12,16H,8H2,1-2H3,(H,17,20)(H,18,19). The van der Waals surface area contributed by atoms with Crippen LogP contribution in [-0.2, 0) is 4.79 Å². The van der Waals surface area contributed by atoms with E-state index in [1.807, 2.05) is 32.0 Å². The number of carbonyl (C=O) groups excluding carboxylic acids is 1. The minimum absolute atomic E-state index is 0.0536. The number of hydrogen-bond acceptors (Lipinski definition) is 2. The molecule has 3 N–H and O–H groups in total. The van der Waals surface area contributed by atoms with E-state index in [-0.39, 0.29) is 24.3 Å². The Balaban J connectivity index is 2.22. The van der Waals surface area contributed by atoms with Gasteiger partial charge in [0, 0.05) is 17.6 Å². The van der Waals surface area contributed by atoms with Crippen molar-refractivity contribution < 1.29 is 14.7 Å². The van der Waals surface area contributed by atoms with E-state index in [4.69, 9.17) is 5.11 Å². The van der Waals surface area contributed by atoms with Gasteiger partial charge in [-0.2, -0.15) is 0 Å². The molecule has 1 heterocycles. The van der Waals surface area contributed by atoms with Crippen molar-refractivity contribution in [3.05, 3.63) is 36.0 Å². The number of aromatic nitrogens is 1. The number of hydrogen-bond donors (Lipinski definition) is 3. The molecule has 0 saturated heterocycles. The first-order chi connectivity index (χ1) is 9.49. The van der Waals surface area contributed by atoms with Crippen molar-refractivity contribution in [3.8, 4) is 0 Å². The number of nitrogens with one attached hydrogen (secondary N) is 2. The summed E-state index contributed by atoms with van der Waals surface area (Å²) in [6.45, 7) is 3.78. The fraction of sp³-hybridized carbons (Fsp3) is 0.333. The Morgan fingerprint density at radius 1 is 1.30 bits per heavy atom. The normalized spacial score (nSPS) is 12.6. The number of fused-ring (bicyclic) bond motifs is 1. The molecule has 0 aliphatic heterocycles. The number of benzene rings is 1. The molecule has 0 aliphatic carbocycles. The van der Waals surface area contributed by atoms with Crippen LogP contribution >= 0.6 is 0 Å². The fourth-order valence-electron chi connectivity index (χ4n) is 2.16. The lowest BCUT2D eigenvalue weighted by Gasteiger charge is -2.20. The van der Waals surface area contributed by atoms with Crippen molar-refractivity contribution in [2.24, 2.45) is 5.92 Å². The number of rotatable bonds is 5. The number of para-hydroxylation sites is 1. The summed E-state index contributed by atoms with van der Waals surface area (Å²) in [5.74, 6) is -1.11. The summed E-state index contributed by atoms with van der Waals surface area (Å²) in [4.78, 5) is 26.2. The van der Waals surface area contributed by atoms with Gasteiger partial charge in [0.25, 0.3) is 5.91 Å². The Kier molecular flexibility index (Phi) is 4.08. The average molecular weight is 274 g/mol. The molecule has 20 heavy (non-hydrogen) atoms. The monoisotopic (exact) mass is 274 g/mol. The number of aromatic amines is 1. The first kappa shape index (κ1) is 14.1. The number of carboxylic acids is 1. The zero-order valence-electron chi connectivity index (χ0n) is 11.5. The topological polar surface area (TPSA) is 82.2 Å². The summed E-state index contributed by atoms with van der Waals surface area (Å²) < 4.78 is 0. The molecule has 0 aliphatic rings. The molecule has 5 nitrogen and oxygen atoms in total. The van der Waals surface area contributed by atoms with E-state index < -0.39 is 5.97 Å². The zero-order valence-corrected chi connectivity index (χ0v) is 11.5. The van der Waals surface area contributed by atoms with Crippen LogP contribution in [0.2, 0.25) is 0 Å². The largest absolute Gasteiger partial charge is 0.481 e. The zero-order chi connectivity index (χ0) is 14.7. The lowest BCUT2D eigenvalue weighted by molar-refractivity contribution is -0.137. The molecule has 2 rings (SSSR count). The van der Waals surface area contributed by atoms with Crippen LogP contribution in [0.15, 0.2) is 30.5 Å². The average Bonchev–Trinajstić information content (AvgIpc) is 2.84. The third-order valence-corrected chi connectivity index (χ3v) is 3.35. The summed E-state index contributed by atoms with van der Waals surface area (Å²) in [6.07, 6.45) is 1.70. The van der Waals surface area contributed by atoms with Gasteiger partial charge < -0.3 is 15.4 Å². The summed E-state index contributed by atoms with van der Waals surface area (Å²) in [7, 11) is 0. The smallest absolute Gasteiger partial charge is 0.305 e. The minimum atomic E-state index is -0.915. The van der Waals surface area contributed by atoms with Gasteiger partial charge in [-0.05, 0) is 18.1 Å². The van der Waals surface area contributed by atoms with Crippen LogP contribution in [0.25, 0.3) is 10.9 Å². The van der Waals surface area contributed by atoms with Gasteiger partial charge in [-0.25, -0.2) is 0 Å². The SMILES string of the molecule is CC(C)C(CC(=O)O)NC(=O)c1cccc2cc[nH]c12. The maximum absolute atomic E-state index is 12.3. The minimum Gasteiger partial charge on any atom is -0.481 e. The van der Waals surface area contributed by atoms with Crippen LogP contribution in [0.4, 0.5) is 0 Å². The number of H-pyrrole nitrogens is 1. The molecule has 0 saturated carbocycles. The van der Waals surface area contributed by atoms with Gasteiger partial charge in [0.15, 0.2) is 0 Å². The number of aliphatic carboxylic acids is 1. The van der Waals surface area contributed by atoms with Crippen LogP contribution in [0, 0.1) is 5.92 Å². The number of carboxylic acid groups (broad SMARTS) is 1. The van der Waals surface area contributed by atoms with Gasteiger partial charge in [0.1, 0.15) is 0 Å². The fourth-order valence-corrected chi connectivity index (χ4v) is 2.16. The molecule has 1 amide bonds. The molecule has 5 heteroatoms. The number of carbonyl (C=O) groups is 2. The van der Waals surface area contributed by atoms with Gasteiger partial charge >= 0.3 is 5.97 Å². The predicted octanol–water partition coefficient (Wildman–Crippen LogP) is 2.40. The highest BCUT2D eigenvalue weighted by Crippen LogP contribution is 2.17. The Labute approximate surface area is 117 Å². The highest BCUT2D eigenvalue weighted by Gasteiger charge is 2.21. The molecule has 0 bridgehead atoms. The van der Waals surface area contributed by atoms with E-state index in [9.17, 15) is 9.59 Å². The molecule has 0 spiro atoms. The summed E-state index contributed by atoms with van der Waals surface area (Å²) in [5.41, 5.74) is 1.30. The van der Waals surface area contributed by atoms with Crippen LogP contribution in [-0.4, -0.2) is 28.0 Å². The molecular weight excluding hydrogens is 256 g/mol. The van der Waals surface area contributed by atoms with E-state index in [0.29, 0.717) is 5.56 Å². The second kappa shape index (κ2) is 5.77. The second-order valence-electron chi connectivity index (χ2n) is 5.17. The van der Waals surface area contributed by atoms with Crippen molar-refractivity contribution in [1.29, 1.82) is 0 Å². The van der Waals surface area contributed by atoms with Gasteiger partial charge in [0.05, 0.1) is 17.5 Å².